The summed E-state index contributed by atoms with van der Waals surface area (Å²) in [7, 11) is 0. The molecule has 0 saturated heterocycles. The van der Waals surface area contributed by atoms with E-state index in [4.69, 9.17) is 0 Å². The van der Waals surface area contributed by atoms with Gasteiger partial charge in [-0.15, -0.1) is 24.8 Å². The minimum absolute atomic E-state index is 0. The molecule has 0 aliphatic carbocycles. The van der Waals surface area contributed by atoms with Crippen molar-refractivity contribution in [2.75, 3.05) is 39.3 Å². The van der Waals surface area contributed by atoms with Crippen molar-refractivity contribution in [2.24, 2.45) is 0 Å². The van der Waals surface area contributed by atoms with Crippen LogP contribution < -0.4 is 0 Å². The van der Waals surface area contributed by atoms with Gasteiger partial charge < -0.3 is 9.80 Å². The summed E-state index contributed by atoms with van der Waals surface area (Å²) in [6, 6.07) is 0. The Balaban J connectivity index is -0.0000000800. The second kappa shape index (κ2) is 20.9. The minimum Gasteiger partial charge on any atom is -0.304 e. The fourth-order valence-corrected chi connectivity index (χ4v) is 1.34. The van der Waals surface area contributed by atoms with Crippen molar-refractivity contribution in [3.8, 4) is 0 Å². The number of hydrogen-bond donors (Lipinski definition) is 0. The van der Waals surface area contributed by atoms with Crippen molar-refractivity contribution >= 4 is 24.8 Å². The zero-order valence-electron chi connectivity index (χ0n) is 12.0. The van der Waals surface area contributed by atoms with Crippen LogP contribution in [0.4, 0.5) is 0 Å². The van der Waals surface area contributed by atoms with Crippen molar-refractivity contribution in [1.29, 1.82) is 0 Å². The Morgan fingerprint density at radius 1 is 0.438 bits per heavy atom. The van der Waals surface area contributed by atoms with Crippen molar-refractivity contribution in [3.63, 3.8) is 0 Å². The van der Waals surface area contributed by atoms with Crippen LogP contribution in [0.1, 0.15) is 41.5 Å². The van der Waals surface area contributed by atoms with Gasteiger partial charge in [-0.1, -0.05) is 41.5 Å². The third-order valence-electron chi connectivity index (χ3n) is 2.68. The molecule has 0 aromatic heterocycles. The monoisotopic (exact) mass is 274 g/mol. The van der Waals surface area contributed by atoms with Crippen molar-refractivity contribution < 1.29 is 0 Å². The Bertz CT molecular complexity index is 72.0. The lowest BCUT2D eigenvalue weighted by molar-refractivity contribution is 0.321. The molecule has 0 radical (unpaired) electrons. The third-order valence-corrected chi connectivity index (χ3v) is 2.68. The Morgan fingerprint density at radius 3 is 0.562 bits per heavy atom. The van der Waals surface area contributed by atoms with Gasteiger partial charge in [-0.25, -0.2) is 0 Å². The summed E-state index contributed by atoms with van der Waals surface area (Å²) in [6.07, 6.45) is 0. The molecule has 0 aromatic carbocycles. The minimum atomic E-state index is 0. The van der Waals surface area contributed by atoms with Gasteiger partial charge in [0, 0.05) is 0 Å². The van der Waals surface area contributed by atoms with Gasteiger partial charge in [0.1, 0.15) is 0 Å². The van der Waals surface area contributed by atoms with Crippen LogP contribution in [0.25, 0.3) is 0 Å². The van der Waals surface area contributed by atoms with Gasteiger partial charge in [0.25, 0.3) is 0 Å². The lowest BCUT2D eigenvalue weighted by atomic mass is 10.5. The van der Waals surface area contributed by atoms with Gasteiger partial charge >= 0.3 is 0 Å². The molecule has 0 fully saturated rings. The van der Waals surface area contributed by atoms with Crippen LogP contribution in [0.3, 0.4) is 0 Å². The predicted octanol–water partition coefficient (Wildman–Crippen LogP) is 3.54. The van der Waals surface area contributed by atoms with Gasteiger partial charge in [0.05, 0.1) is 0 Å². The lowest BCUT2D eigenvalue weighted by Crippen LogP contribution is -2.21. The SMILES string of the molecule is CCN(CC)CC.CCN(CC)CC.Cl.Cl. The first-order valence-corrected chi connectivity index (χ1v) is 6.14. The summed E-state index contributed by atoms with van der Waals surface area (Å²) in [5.41, 5.74) is 0. The van der Waals surface area contributed by atoms with E-state index in [2.05, 4.69) is 51.3 Å². The summed E-state index contributed by atoms with van der Waals surface area (Å²) in [4.78, 5) is 4.75. The molecule has 4 heteroatoms. The molecular weight excluding hydrogens is 243 g/mol. The molecule has 16 heavy (non-hydrogen) atoms. The van der Waals surface area contributed by atoms with E-state index in [-0.39, 0.29) is 24.8 Å². The standard InChI is InChI=1S/2C6H15N.2ClH/c2*1-4-7(5-2)6-3;;/h2*4-6H2,1-3H3;2*1H. The average molecular weight is 275 g/mol. The Labute approximate surface area is 116 Å². The van der Waals surface area contributed by atoms with Crippen LogP contribution in [0.2, 0.25) is 0 Å². The van der Waals surface area contributed by atoms with Gasteiger partial charge in [0.15, 0.2) is 0 Å². The Kier molecular flexibility index (Phi) is 33.1. The third kappa shape index (κ3) is 16.9. The number of hydrogen-bond acceptors (Lipinski definition) is 2. The van der Waals surface area contributed by atoms with Crippen LogP contribution >= 0.6 is 24.8 Å². The molecule has 0 unspecified atom stereocenters. The van der Waals surface area contributed by atoms with E-state index in [1.54, 1.807) is 0 Å². The van der Waals surface area contributed by atoms with Crippen LogP contribution in [0, 0.1) is 0 Å². The first-order valence-electron chi connectivity index (χ1n) is 6.14. The highest BCUT2D eigenvalue weighted by Gasteiger charge is 1.89. The highest BCUT2D eigenvalue weighted by atomic mass is 35.5. The molecule has 0 atom stereocenters. The molecule has 0 aliphatic heterocycles. The molecule has 0 N–H and O–H groups in total. The maximum atomic E-state index is 2.38. The highest BCUT2D eigenvalue weighted by molar-refractivity contribution is 5.85. The molecular formula is C12H32Cl2N2. The van der Waals surface area contributed by atoms with E-state index >= 15 is 0 Å². The lowest BCUT2D eigenvalue weighted by Gasteiger charge is -2.13. The molecule has 0 rings (SSSR count). The first kappa shape index (κ1) is 25.4. The normalized spacial score (nSPS) is 9.00. The second-order valence-electron chi connectivity index (χ2n) is 3.24. The molecule has 0 amide bonds. The van der Waals surface area contributed by atoms with Crippen LogP contribution in [-0.4, -0.2) is 49.1 Å². The van der Waals surface area contributed by atoms with Gasteiger partial charge in [-0.2, -0.15) is 0 Å². The zero-order valence-corrected chi connectivity index (χ0v) is 13.6. The molecule has 2 nitrogen and oxygen atoms in total. The maximum absolute atomic E-state index is 2.38. The predicted molar refractivity (Wildman–Crippen MR) is 81.4 cm³/mol. The number of rotatable bonds is 6. The first-order chi connectivity index (χ1) is 6.69. The molecule has 0 aromatic rings. The molecule has 0 heterocycles. The quantitative estimate of drug-likeness (QED) is 0.731. The molecule has 104 valence electrons. The maximum Gasteiger partial charge on any atom is -0.00474 e. The fourth-order valence-electron chi connectivity index (χ4n) is 1.34. The molecule has 0 spiro atoms. The summed E-state index contributed by atoms with van der Waals surface area (Å²) in [5.74, 6) is 0. The average Bonchev–Trinajstić information content (AvgIpc) is 2.24. The van der Waals surface area contributed by atoms with Crippen molar-refractivity contribution in [1.82, 2.24) is 9.80 Å². The molecule has 0 saturated carbocycles. The molecule has 0 aliphatic rings. The largest absolute Gasteiger partial charge is 0.304 e. The van der Waals surface area contributed by atoms with Gasteiger partial charge in [-0.05, 0) is 39.3 Å². The van der Waals surface area contributed by atoms with E-state index < -0.39 is 0 Å². The summed E-state index contributed by atoms with van der Waals surface area (Å²) < 4.78 is 0. The van der Waals surface area contributed by atoms with Gasteiger partial charge in [-0.3, -0.25) is 0 Å². The smallest absolute Gasteiger partial charge is 0.00474 e. The van der Waals surface area contributed by atoms with E-state index in [0.29, 0.717) is 0 Å². The number of halogens is 2. The fraction of sp³-hybridized carbons (Fsp3) is 1.00. The Morgan fingerprint density at radius 2 is 0.562 bits per heavy atom. The number of nitrogens with zero attached hydrogens (tertiary/aromatic N) is 2. The van der Waals surface area contributed by atoms with Crippen LogP contribution in [0.5, 0.6) is 0 Å². The van der Waals surface area contributed by atoms with Crippen LogP contribution in [-0.2, 0) is 0 Å². The summed E-state index contributed by atoms with van der Waals surface area (Å²) in [6.45, 7) is 20.2. The van der Waals surface area contributed by atoms with E-state index in [1.807, 2.05) is 0 Å². The van der Waals surface area contributed by atoms with Crippen molar-refractivity contribution in [2.45, 2.75) is 41.5 Å². The van der Waals surface area contributed by atoms with E-state index in [1.165, 1.54) is 39.3 Å². The summed E-state index contributed by atoms with van der Waals surface area (Å²) in [5, 5.41) is 0. The second-order valence-corrected chi connectivity index (χ2v) is 3.24. The topological polar surface area (TPSA) is 6.48 Å². The van der Waals surface area contributed by atoms with Gasteiger partial charge in [0.2, 0.25) is 0 Å². The van der Waals surface area contributed by atoms with Crippen molar-refractivity contribution in [3.05, 3.63) is 0 Å². The zero-order chi connectivity index (χ0) is 11.4. The molecule has 0 bridgehead atoms. The van der Waals surface area contributed by atoms with E-state index in [9.17, 15) is 0 Å². The Hall–Kier alpha value is 0.500. The summed E-state index contributed by atoms with van der Waals surface area (Å²) >= 11 is 0. The highest BCUT2D eigenvalue weighted by Crippen LogP contribution is 1.82. The van der Waals surface area contributed by atoms with Crippen LogP contribution in [0.15, 0.2) is 0 Å². The van der Waals surface area contributed by atoms with E-state index in [0.717, 1.165) is 0 Å².